The van der Waals surface area contributed by atoms with Gasteiger partial charge in [-0.1, -0.05) is 23.8 Å². The van der Waals surface area contributed by atoms with Crippen molar-refractivity contribution < 1.29 is 18.0 Å². The Labute approximate surface area is 153 Å². The van der Waals surface area contributed by atoms with Crippen molar-refractivity contribution in [2.45, 2.75) is 32.2 Å². The second kappa shape index (κ2) is 6.26. The lowest BCUT2D eigenvalue weighted by Crippen LogP contribution is -2.33. The van der Waals surface area contributed by atoms with E-state index in [4.69, 9.17) is 4.42 Å². The first-order chi connectivity index (χ1) is 12.8. The summed E-state index contributed by atoms with van der Waals surface area (Å²) in [6.07, 6.45) is 0.610. The predicted molar refractivity (Wildman–Crippen MR) is 91.1 cm³/mol. The van der Waals surface area contributed by atoms with Crippen LogP contribution in [0.2, 0.25) is 0 Å². The van der Waals surface area contributed by atoms with Crippen LogP contribution in [0, 0.1) is 13.8 Å². The number of aromatic amines is 1. The van der Waals surface area contributed by atoms with Gasteiger partial charge >= 0.3 is 0 Å². The van der Waals surface area contributed by atoms with Crippen molar-refractivity contribution in [2.24, 2.45) is 0 Å². The molecule has 2 aromatic heterocycles. The molecule has 1 saturated heterocycles. The number of aryl methyl sites for hydroxylation is 2. The standard InChI is InChI=1S/C18H17F2N5O2/c1-10-4-3-5-12(6-10)15-14(21-9-27-15)17(26)25-8-18(19,20)7-13(25)16-22-11(2)23-24-16/h3-6,9,13H,7-8H2,1-2H3,(H,22,23,24)/t13-/m0/s1. The van der Waals surface area contributed by atoms with E-state index in [0.29, 0.717) is 11.4 Å². The lowest BCUT2D eigenvalue weighted by Gasteiger charge is -2.21. The fraction of sp³-hybridized carbons (Fsp3) is 0.333. The van der Waals surface area contributed by atoms with Crippen molar-refractivity contribution in [1.82, 2.24) is 25.1 Å². The lowest BCUT2D eigenvalue weighted by molar-refractivity contribution is 0.0117. The quantitative estimate of drug-likeness (QED) is 0.761. The number of hydrogen-bond donors (Lipinski definition) is 1. The lowest BCUT2D eigenvalue weighted by atomic mass is 10.1. The molecule has 0 spiro atoms. The van der Waals surface area contributed by atoms with Gasteiger partial charge in [-0.3, -0.25) is 9.89 Å². The average Bonchev–Trinajstić information content (AvgIpc) is 3.32. The van der Waals surface area contributed by atoms with Gasteiger partial charge in [-0.05, 0) is 19.9 Å². The first-order valence-corrected chi connectivity index (χ1v) is 8.42. The van der Waals surface area contributed by atoms with Crippen LogP contribution in [0.25, 0.3) is 11.3 Å². The van der Waals surface area contributed by atoms with E-state index in [1.54, 1.807) is 13.0 Å². The zero-order valence-corrected chi connectivity index (χ0v) is 14.7. The number of nitrogens with zero attached hydrogens (tertiary/aromatic N) is 4. The number of halogens is 2. The summed E-state index contributed by atoms with van der Waals surface area (Å²) in [6.45, 7) is 2.86. The van der Waals surface area contributed by atoms with Crippen LogP contribution in [-0.2, 0) is 0 Å². The summed E-state index contributed by atoms with van der Waals surface area (Å²) in [5, 5.41) is 6.59. The molecule has 0 radical (unpaired) electrons. The van der Waals surface area contributed by atoms with Gasteiger partial charge in [0.05, 0.1) is 6.54 Å². The number of H-pyrrole nitrogens is 1. The molecule has 1 aliphatic heterocycles. The Balaban J connectivity index is 1.71. The number of carbonyl (C=O) groups is 1. The highest BCUT2D eigenvalue weighted by Gasteiger charge is 2.50. The van der Waals surface area contributed by atoms with E-state index in [0.717, 1.165) is 16.9 Å². The van der Waals surface area contributed by atoms with Crippen LogP contribution in [0.4, 0.5) is 8.78 Å². The number of benzene rings is 1. The summed E-state index contributed by atoms with van der Waals surface area (Å²) in [4.78, 5) is 22.3. The van der Waals surface area contributed by atoms with Crippen LogP contribution < -0.4 is 0 Å². The number of alkyl halides is 2. The molecule has 1 amide bonds. The number of aromatic nitrogens is 4. The maximum Gasteiger partial charge on any atom is 0.277 e. The smallest absolute Gasteiger partial charge is 0.277 e. The van der Waals surface area contributed by atoms with Crippen molar-refractivity contribution >= 4 is 5.91 Å². The van der Waals surface area contributed by atoms with Gasteiger partial charge in [0.1, 0.15) is 11.9 Å². The van der Waals surface area contributed by atoms with Crippen LogP contribution in [-0.4, -0.2) is 43.4 Å². The number of carbonyl (C=O) groups excluding carboxylic acids is 1. The van der Waals surface area contributed by atoms with Crippen LogP contribution in [0.3, 0.4) is 0 Å². The Bertz CT molecular complexity index is 997. The van der Waals surface area contributed by atoms with E-state index >= 15 is 0 Å². The van der Waals surface area contributed by atoms with E-state index in [9.17, 15) is 13.6 Å². The Morgan fingerprint density at radius 3 is 2.89 bits per heavy atom. The fourth-order valence-electron chi connectivity index (χ4n) is 3.30. The van der Waals surface area contributed by atoms with E-state index in [1.165, 1.54) is 0 Å². The van der Waals surface area contributed by atoms with Crippen LogP contribution >= 0.6 is 0 Å². The Kier molecular flexibility index (Phi) is 4.01. The fourth-order valence-corrected chi connectivity index (χ4v) is 3.30. The van der Waals surface area contributed by atoms with Gasteiger partial charge < -0.3 is 9.32 Å². The third kappa shape index (κ3) is 3.20. The second-order valence-corrected chi connectivity index (χ2v) is 6.69. The molecule has 1 fully saturated rings. The molecule has 3 aromatic rings. The summed E-state index contributed by atoms with van der Waals surface area (Å²) in [5.41, 5.74) is 1.63. The summed E-state index contributed by atoms with van der Waals surface area (Å²) in [6, 6.07) is 6.42. The largest absolute Gasteiger partial charge is 0.443 e. The molecule has 27 heavy (non-hydrogen) atoms. The van der Waals surface area contributed by atoms with Crippen LogP contribution in [0.5, 0.6) is 0 Å². The zero-order chi connectivity index (χ0) is 19.2. The highest BCUT2D eigenvalue weighted by molar-refractivity contribution is 5.98. The molecule has 0 unspecified atom stereocenters. The Morgan fingerprint density at radius 2 is 2.19 bits per heavy atom. The van der Waals surface area contributed by atoms with Crippen molar-refractivity contribution in [2.75, 3.05) is 6.54 Å². The topological polar surface area (TPSA) is 87.9 Å². The summed E-state index contributed by atoms with van der Waals surface area (Å²) in [5.74, 6) is -2.75. The summed E-state index contributed by atoms with van der Waals surface area (Å²) >= 11 is 0. The van der Waals surface area contributed by atoms with E-state index in [-0.39, 0.29) is 17.3 Å². The van der Waals surface area contributed by atoms with Crippen LogP contribution in [0.15, 0.2) is 35.1 Å². The third-order valence-corrected chi connectivity index (χ3v) is 4.49. The molecular weight excluding hydrogens is 356 g/mol. The van der Waals surface area contributed by atoms with Gasteiger partial charge in [-0.25, -0.2) is 18.7 Å². The normalized spacial score (nSPS) is 18.8. The van der Waals surface area contributed by atoms with Crippen molar-refractivity contribution in [3.63, 3.8) is 0 Å². The molecule has 9 heteroatoms. The number of nitrogens with one attached hydrogen (secondary N) is 1. The highest BCUT2D eigenvalue weighted by atomic mass is 19.3. The van der Waals surface area contributed by atoms with Crippen LogP contribution in [0.1, 0.15) is 40.2 Å². The Morgan fingerprint density at radius 1 is 1.37 bits per heavy atom. The molecule has 0 saturated carbocycles. The zero-order valence-electron chi connectivity index (χ0n) is 14.7. The SMILES string of the molecule is Cc1cccc(-c2ocnc2C(=O)N2CC(F)(F)C[C@H]2c2n[nH]c(C)n2)c1. The first-order valence-electron chi connectivity index (χ1n) is 8.42. The molecule has 1 aromatic carbocycles. The Hall–Kier alpha value is -3.10. The van der Waals surface area contributed by atoms with Gasteiger partial charge in [0.15, 0.2) is 23.7 Å². The molecule has 140 valence electrons. The molecule has 0 aliphatic carbocycles. The van der Waals surface area contributed by atoms with E-state index < -0.39 is 30.8 Å². The maximum absolute atomic E-state index is 14.1. The minimum absolute atomic E-state index is 0.00411. The number of likely N-dealkylation sites (tertiary alicyclic amines) is 1. The van der Waals surface area contributed by atoms with Gasteiger partial charge in [0.2, 0.25) is 0 Å². The summed E-state index contributed by atoms with van der Waals surface area (Å²) < 4.78 is 33.6. The maximum atomic E-state index is 14.1. The molecule has 4 rings (SSSR count). The average molecular weight is 373 g/mol. The first kappa shape index (κ1) is 17.3. The van der Waals surface area contributed by atoms with E-state index in [1.807, 2.05) is 25.1 Å². The van der Waals surface area contributed by atoms with Crippen molar-refractivity contribution in [3.8, 4) is 11.3 Å². The minimum Gasteiger partial charge on any atom is -0.443 e. The number of oxazole rings is 1. The van der Waals surface area contributed by atoms with Gasteiger partial charge in [0.25, 0.3) is 11.8 Å². The molecule has 0 bridgehead atoms. The number of rotatable bonds is 3. The minimum atomic E-state index is -3.03. The molecular formula is C18H17F2N5O2. The van der Waals surface area contributed by atoms with E-state index in [2.05, 4.69) is 20.2 Å². The van der Waals surface area contributed by atoms with Gasteiger partial charge in [-0.2, -0.15) is 5.10 Å². The number of hydrogen-bond acceptors (Lipinski definition) is 5. The molecule has 1 aliphatic rings. The molecule has 3 heterocycles. The molecule has 7 nitrogen and oxygen atoms in total. The predicted octanol–water partition coefficient (Wildman–Crippen LogP) is 3.30. The van der Waals surface area contributed by atoms with Gasteiger partial charge in [-0.15, -0.1) is 0 Å². The van der Waals surface area contributed by atoms with Crippen molar-refractivity contribution in [1.29, 1.82) is 0 Å². The molecule has 1 N–H and O–H groups in total. The number of amides is 1. The van der Waals surface area contributed by atoms with Gasteiger partial charge in [0, 0.05) is 12.0 Å². The highest BCUT2D eigenvalue weighted by Crippen LogP contribution is 2.41. The third-order valence-electron chi connectivity index (χ3n) is 4.49. The summed E-state index contributed by atoms with van der Waals surface area (Å²) in [7, 11) is 0. The van der Waals surface area contributed by atoms with Crippen molar-refractivity contribution in [3.05, 3.63) is 53.6 Å². The second-order valence-electron chi connectivity index (χ2n) is 6.69. The molecule has 1 atom stereocenters. The monoisotopic (exact) mass is 373 g/mol.